The summed E-state index contributed by atoms with van der Waals surface area (Å²) in [6.07, 6.45) is 2.34. The standard InChI is InChI=1S/C16H28N2O/c1-5-14(6-2)18(4)12-16(17)13-8-10-15(11-9-13)19-7-3/h8-11,14,16H,5-7,12,17H2,1-4H3. The highest BCUT2D eigenvalue weighted by Gasteiger charge is 2.15. The fourth-order valence-electron chi connectivity index (χ4n) is 2.45. The van der Waals surface area contributed by atoms with E-state index in [1.807, 2.05) is 19.1 Å². The molecule has 3 heteroatoms. The number of hydrogen-bond acceptors (Lipinski definition) is 3. The third-order valence-electron chi connectivity index (χ3n) is 3.67. The first-order valence-electron chi connectivity index (χ1n) is 7.30. The summed E-state index contributed by atoms with van der Waals surface area (Å²) >= 11 is 0. The Kier molecular flexibility index (Phi) is 6.89. The lowest BCUT2D eigenvalue weighted by molar-refractivity contribution is 0.217. The summed E-state index contributed by atoms with van der Waals surface area (Å²) in [5, 5.41) is 0. The van der Waals surface area contributed by atoms with Crippen molar-refractivity contribution in [3.05, 3.63) is 29.8 Å². The van der Waals surface area contributed by atoms with Crippen LogP contribution < -0.4 is 10.5 Å². The minimum absolute atomic E-state index is 0.0567. The zero-order valence-electron chi connectivity index (χ0n) is 12.7. The number of rotatable bonds is 8. The third kappa shape index (κ3) is 4.84. The van der Waals surface area contributed by atoms with Crippen LogP contribution in [0.2, 0.25) is 0 Å². The second-order valence-corrected chi connectivity index (χ2v) is 5.02. The molecule has 0 aliphatic carbocycles. The molecule has 1 aromatic carbocycles. The van der Waals surface area contributed by atoms with Gasteiger partial charge in [0.25, 0.3) is 0 Å². The molecule has 0 amide bonds. The smallest absolute Gasteiger partial charge is 0.119 e. The highest BCUT2D eigenvalue weighted by Crippen LogP contribution is 2.18. The van der Waals surface area contributed by atoms with Crippen molar-refractivity contribution in [2.24, 2.45) is 5.73 Å². The Bertz CT molecular complexity index is 346. The molecule has 1 rings (SSSR count). The van der Waals surface area contributed by atoms with Gasteiger partial charge < -0.3 is 15.4 Å². The Balaban J connectivity index is 2.59. The van der Waals surface area contributed by atoms with Crippen LogP contribution in [0.3, 0.4) is 0 Å². The van der Waals surface area contributed by atoms with Crippen molar-refractivity contribution >= 4 is 0 Å². The first kappa shape index (κ1) is 16.0. The molecular weight excluding hydrogens is 236 g/mol. The van der Waals surface area contributed by atoms with Crippen LogP contribution in [-0.2, 0) is 0 Å². The van der Waals surface area contributed by atoms with E-state index in [2.05, 4.69) is 37.9 Å². The Morgan fingerprint density at radius 3 is 2.16 bits per heavy atom. The predicted molar refractivity (Wildman–Crippen MR) is 81.5 cm³/mol. The van der Waals surface area contributed by atoms with Crippen LogP contribution in [0.5, 0.6) is 5.75 Å². The lowest BCUT2D eigenvalue weighted by atomic mass is 10.1. The van der Waals surface area contributed by atoms with Gasteiger partial charge in [0.15, 0.2) is 0 Å². The van der Waals surface area contributed by atoms with Crippen molar-refractivity contribution in [3.63, 3.8) is 0 Å². The quantitative estimate of drug-likeness (QED) is 0.783. The van der Waals surface area contributed by atoms with Crippen LogP contribution in [-0.4, -0.2) is 31.1 Å². The number of benzene rings is 1. The van der Waals surface area contributed by atoms with E-state index in [1.165, 1.54) is 18.4 Å². The summed E-state index contributed by atoms with van der Waals surface area (Å²) < 4.78 is 5.44. The van der Waals surface area contributed by atoms with Crippen LogP contribution >= 0.6 is 0 Å². The van der Waals surface area contributed by atoms with Gasteiger partial charge in [-0.15, -0.1) is 0 Å². The topological polar surface area (TPSA) is 38.5 Å². The maximum Gasteiger partial charge on any atom is 0.119 e. The molecule has 108 valence electrons. The van der Waals surface area contributed by atoms with Crippen LogP contribution in [0.15, 0.2) is 24.3 Å². The van der Waals surface area contributed by atoms with Gasteiger partial charge >= 0.3 is 0 Å². The lowest BCUT2D eigenvalue weighted by Crippen LogP contribution is -2.36. The molecular formula is C16H28N2O. The van der Waals surface area contributed by atoms with Gasteiger partial charge in [-0.3, -0.25) is 0 Å². The molecule has 0 saturated carbocycles. The molecule has 0 spiro atoms. The number of nitrogens with zero attached hydrogens (tertiary/aromatic N) is 1. The molecule has 0 heterocycles. The van der Waals surface area contributed by atoms with Gasteiger partial charge in [-0.25, -0.2) is 0 Å². The molecule has 3 nitrogen and oxygen atoms in total. The third-order valence-corrected chi connectivity index (χ3v) is 3.67. The van der Waals surface area contributed by atoms with Crippen molar-refractivity contribution in [1.82, 2.24) is 4.90 Å². The van der Waals surface area contributed by atoms with Gasteiger partial charge in [-0.2, -0.15) is 0 Å². The molecule has 1 unspecified atom stereocenters. The van der Waals surface area contributed by atoms with Crippen LogP contribution in [0.25, 0.3) is 0 Å². The van der Waals surface area contributed by atoms with Gasteiger partial charge in [0.1, 0.15) is 5.75 Å². The zero-order valence-corrected chi connectivity index (χ0v) is 12.7. The van der Waals surface area contributed by atoms with E-state index in [-0.39, 0.29) is 6.04 Å². The highest BCUT2D eigenvalue weighted by atomic mass is 16.5. The molecule has 0 fully saturated rings. The van der Waals surface area contributed by atoms with Crippen molar-refractivity contribution in [3.8, 4) is 5.75 Å². The maximum atomic E-state index is 6.28. The lowest BCUT2D eigenvalue weighted by Gasteiger charge is -2.28. The van der Waals surface area contributed by atoms with E-state index in [1.54, 1.807) is 0 Å². The Labute approximate surface area is 117 Å². The predicted octanol–water partition coefficient (Wildman–Crippen LogP) is 3.21. The summed E-state index contributed by atoms with van der Waals surface area (Å²) in [5.74, 6) is 0.909. The van der Waals surface area contributed by atoms with E-state index < -0.39 is 0 Å². The monoisotopic (exact) mass is 264 g/mol. The zero-order chi connectivity index (χ0) is 14.3. The van der Waals surface area contributed by atoms with Crippen molar-refractivity contribution in [2.75, 3.05) is 20.2 Å². The maximum absolute atomic E-state index is 6.28. The second-order valence-electron chi connectivity index (χ2n) is 5.02. The average Bonchev–Trinajstić information content (AvgIpc) is 2.41. The summed E-state index contributed by atoms with van der Waals surface area (Å²) in [5.41, 5.74) is 7.45. The minimum Gasteiger partial charge on any atom is -0.494 e. The molecule has 0 radical (unpaired) electrons. The normalized spacial score (nSPS) is 13.0. The largest absolute Gasteiger partial charge is 0.494 e. The number of ether oxygens (including phenoxy) is 1. The molecule has 1 atom stereocenters. The van der Waals surface area contributed by atoms with Gasteiger partial charge in [-0.1, -0.05) is 26.0 Å². The molecule has 2 N–H and O–H groups in total. The van der Waals surface area contributed by atoms with Crippen LogP contribution in [0.4, 0.5) is 0 Å². The molecule has 19 heavy (non-hydrogen) atoms. The number of nitrogens with two attached hydrogens (primary N) is 1. The van der Waals surface area contributed by atoms with Crippen molar-refractivity contribution < 1.29 is 4.74 Å². The van der Waals surface area contributed by atoms with Crippen molar-refractivity contribution in [1.29, 1.82) is 0 Å². The van der Waals surface area contributed by atoms with Gasteiger partial charge in [0, 0.05) is 18.6 Å². The van der Waals surface area contributed by atoms with E-state index in [9.17, 15) is 0 Å². The Hall–Kier alpha value is -1.06. The fraction of sp³-hybridized carbons (Fsp3) is 0.625. The number of hydrogen-bond donors (Lipinski definition) is 1. The molecule has 0 aliphatic heterocycles. The van der Waals surface area contributed by atoms with Crippen LogP contribution in [0.1, 0.15) is 45.2 Å². The molecule has 0 aliphatic rings. The molecule has 0 saturated heterocycles. The summed E-state index contributed by atoms with van der Waals surface area (Å²) in [7, 11) is 2.16. The van der Waals surface area contributed by atoms with Gasteiger partial charge in [0.2, 0.25) is 0 Å². The highest BCUT2D eigenvalue weighted by molar-refractivity contribution is 5.29. The summed E-state index contributed by atoms with van der Waals surface area (Å²) in [6, 6.07) is 8.80. The Morgan fingerprint density at radius 2 is 1.68 bits per heavy atom. The average molecular weight is 264 g/mol. The fourth-order valence-corrected chi connectivity index (χ4v) is 2.45. The van der Waals surface area contributed by atoms with E-state index in [0.717, 1.165) is 12.3 Å². The van der Waals surface area contributed by atoms with E-state index in [0.29, 0.717) is 12.6 Å². The first-order valence-corrected chi connectivity index (χ1v) is 7.30. The number of likely N-dealkylation sites (N-methyl/N-ethyl adjacent to an activating group) is 1. The first-order chi connectivity index (χ1) is 9.12. The second kappa shape index (κ2) is 8.18. The molecule has 0 bridgehead atoms. The van der Waals surface area contributed by atoms with Gasteiger partial charge in [0.05, 0.1) is 6.61 Å². The minimum atomic E-state index is 0.0567. The SMILES string of the molecule is CCOc1ccc(C(N)CN(C)C(CC)CC)cc1. The van der Waals surface area contributed by atoms with E-state index >= 15 is 0 Å². The molecule has 0 aromatic heterocycles. The van der Waals surface area contributed by atoms with Crippen molar-refractivity contribution in [2.45, 2.75) is 45.7 Å². The Morgan fingerprint density at radius 1 is 1.11 bits per heavy atom. The summed E-state index contributed by atoms with van der Waals surface area (Å²) in [6.45, 7) is 8.04. The van der Waals surface area contributed by atoms with Gasteiger partial charge in [-0.05, 0) is 44.5 Å². The van der Waals surface area contributed by atoms with E-state index in [4.69, 9.17) is 10.5 Å². The van der Waals surface area contributed by atoms with Crippen LogP contribution in [0, 0.1) is 0 Å². The molecule has 1 aromatic rings. The summed E-state index contributed by atoms with van der Waals surface area (Å²) in [4.78, 5) is 2.36.